The van der Waals surface area contributed by atoms with Gasteiger partial charge in [-0.05, 0) is 166 Å². The summed E-state index contributed by atoms with van der Waals surface area (Å²) in [5.74, 6) is -105. The number of esters is 22. The van der Waals surface area contributed by atoms with Crippen molar-refractivity contribution in [3.05, 3.63) is 0 Å². The maximum Gasteiger partial charge on any atom is 0.310 e. The molecule has 44 heteroatoms. The van der Waals surface area contributed by atoms with Gasteiger partial charge in [-0.3, -0.25) is 105 Å². The maximum atomic E-state index is 16.7. The molecule has 0 radical (unpaired) electrons. The van der Waals surface area contributed by atoms with Gasteiger partial charge in [0.15, 0.2) is 0 Å². The Morgan fingerprint density at radius 1 is 0.141 bits per heavy atom. The van der Waals surface area contributed by atoms with Gasteiger partial charge in [0.05, 0.1) is 275 Å². The second-order valence-corrected chi connectivity index (χ2v) is 29.7. The molecule has 0 N–H and O–H groups in total. The average molecular weight is 1940 g/mol. The van der Waals surface area contributed by atoms with E-state index in [1.165, 1.54) is 69.2 Å². The van der Waals surface area contributed by atoms with Gasteiger partial charge in [-0.15, -0.1) is 0 Å². The molecule has 135 heavy (non-hydrogen) atoms. The van der Waals surface area contributed by atoms with E-state index >= 15 is 91.1 Å². The summed E-state index contributed by atoms with van der Waals surface area (Å²) in [6.07, 6.45) is -3.42. The molecule has 0 aliphatic carbocycles. The smallest absolute Gasteiger partial charge is 0.310 e. The SMILES string of the molecule is CCOC(=O)CC(C(=O)OCC)C(C(=O)OCC)C(C(=O)OCC)C(C(=O)OCC)C(C(=O)OCC)C(C(=O)OCC)C(C(=O)OCC)C(C(=O)OCC)C(C(=O)OCC)C(C(=O)OCC)C(C(=O)OCC)C(C(=O)OCC)C(C(=O)OCC)C(C(=O)OCC)C(C(=O)OCC)C(C(=O)OCC)C(C(=O)OCC)C(C(=O)OCC)C(C(=O)OCC)C(C(=O)OC(C)C)C(C)C(=O)OC(C)C. The molecule has 0 heterocycles. The van der Waals surface area contributed by atoms with Gasteiger partial charge in [-0.25, -0.2) is 0 Å². The fraction of sp³-hybridized carbons (Fsp3) is 0.758. The van der Waals surface area contributed by atoms with Crippen LogP contribution in [-0.4, -0.2) is 276 Å². The summed E-state index contributed by atoms with van der Waals surface area (Å²) >= 11 is 0. The topological polar surface area (TPSA) is 579 Å². The number of rotatable bonds is 65. The number of carbonyl (C=O) groups excluding carboxylic acids is 22. The first-order chi connectivity index (χ1) is 64.0. The van der Waals surface area contributed by atoms with Crippen LogP contribution in [0.2, 0.25) is 0 Å². The van der Waals surface area contributed by atoms with Gasteiger partial charge in [-0.1, -0.05) is 6.92 Å². The largest absolute Gasteiger partial charge is 0.466 e. The Hall–Kier alpha value is -11.7. The highest BCUT2D eigenvalue weighted by atomic mass is 16.6. The van der Waals surface area contributed by atoms with Crippen LogP contribution in [0.3, 0.4) is 0 Å². The molecule has 0 spiro atoms. The molecule has 0 saturated heterocycles. The Labute approximate surface area is 786 Å². The minimum atomic E-state index is -3.42. The Kier molecular flexibility index (Phi) is 59.5. The first-order valence-corrected chi connectivity index (χ1v) is 45.7. The Morgan fingerprint density at radius 2 is 0.259 bits per heavy atom. The summed E-state index contributed by atoms with van der Waals surface area (Å²) < 4.78 is 124. The van der Waals surface area contributed by atoms with Crippen LogP contribution in [0.15, 0.2) is 0 Å². The van der Waals surface area contributed by atoms with Crippen LogP contribution >= 0.6 is 0 Å². The number of ether oxygens (including phenoxy) is 22. The predicted octanol–water partition coefficient (Wildman–Crippen LogP) is 5.50. The van der Waals surface area contributed by atoms with Crippen molar-refractivity contribution in [2.75, 3.05) is 132 Å². The monoisotopic (exact) mass is 1940 g/mol. The lowest BCUT2D eigenvalue weighted by Gasteiger charge is -2.44. The molecule has 0 rings (SSSR count). The fourth-order valence-electron chi connectivity index (χ4n) is 16.1. The van der Waals surface area contributed by atoms with E-state index in [9.17, 15) is 14.4 Å². The summed E-state index contributed by atoms with van der Waals surface area (Å²) in [6.45, 7) is 13.2. The van der Waals surface area contributed by atoms with Gasteiger partial charge >= 0.3 is 131 Å². The minimum absolute atomic E-state index is 0.403. The lowest BCUT2D eigenvalue weighted by Crippen LogP contribution is -2.60. The third kappa shape index (κ3) is 35.2. The Morgan fingerprint density at radius 3 is 0.400 bits per heavy atom. The van der Waals surface area contributed by atoms with E-state index in [1.807, 2.05) is 0 Å². The molecule has 0 bridgehead atoms. The van der Waals surface area contributed by atoms with E-state index in [0.717, 1.165) is 104 Å². The second kappa shape index (κ2) is 65.1. The van der Waals surface area contributed by atoms with E-state index < -0.39 is 406 Å². The molecule has 0 amide bonds. The third-order valence-electron chi connectivity index (χ3n) is 20.6. The van der Waals surface area contributed by atoms with Gasteiger partial charge in [0.2, 0.25) is 0 Å². The lowest BCUT2D eigenvalue weighted by atomic mass is 9.57. The minimum Gasteiger partial charge on any atom is -0.466 e. The molecule has 0 saturated carbocycles. The van der Waals surface area contributed by atoms with Crippen LogP contribution < -0.4 is 0 Å². The van der Waals surface area contributed by atoms with Gasteiger partial charge in [0.1, 0.15) is 0 Å². The quantitative estimate of drug-likeness (QED) is 0.0535. The molecule has 44 nitrogen and oxygen atoms in total. The van der Waals surface area contributed by atoms with Crippen LogP contribution in [-0.2, 0) is 210 Å². The van der Waals surface area contributed by atoms with Crippen LogP contribution in [0, 0.1) is 124 Å². The lowest BCUT2D eigenvalue weighted by molar-refractivity contribution is -0.197. The van der Waals surface area contributed by atoms with Crippen LogP contribution in [0.25, 0.3) is 0 Å². The second-order valence-electron chi connectivity index (χ2n) is 29.7. The van der Waals surface area contributed by atoms with Gasteiger partial charge in [0.25, 0.3) is 0 Å². The van der Waals surface area contributed by atoms with Crippen molar-refractivity contribution in [1.29, 1.82) is 0 Å². The van der Waals surface area contributed by atoms with Crippen molar-refractivity contribution in [3.8, 4) is 0 Å². The van der Waals surface area contributed by atoms with Crippen molar-refractivity contribution >= 4 is 131 Å². The highest BCUT2D eigenvalue weighted by molar-refractivity contribution is 6.02. The zero-order chi connectivity index (χ0) is 103. The first kappa shape index (κ1) is 123. The van der Waals surface area contributed by atoms with Gasteiger partial charge < -0.3 is 104 Å². The highest BCUT2D eigenvalue weighted by Crippen LogP contribution is 2.53. The normalized spacial score (nSPS) is 15.8. The van der Waals surface area contributed by atoms with Crippen LogP contribution in [0.1, 0.15) is 180 Å². The van der Waals surface area contributed by atoms with E-state index in [-0.39, 0.29) is 0 Å². The molecule has 0 aromatic rings. The standard InChI is InChI=1S/C91H140O44/c1-26-114-51(92)46-50(72(94)115-27-2)53(73(95)116-28-3)55(75(97)118-30-5)57(77(99)120-32-7)59(79(101)122-34-9)61(81(103)124-36-11)63(83(105)126-38-13)65(85(107)128-40-15)67(87(109)130-42-17)69(89(111)132-44-19)70(90(112)133-45-20)68(88(110)131-43-18)66(86(108)129-41-16)64(84(106)127-39-14)62(82(104)125-37-12)60(80(102)123-35-10)58(78(100)121-33-8)56(76(98)119-31-6)54(74(96)117-29-4)52(91(113)135-48(23)24)49(25)71(93)134-47(21)22/h47-50,52-70H,26-46H2,1-25H3. The summed E-state index contributed by atoms with van der Waals surface area (Å²) in [5, 5.41) is 0. The third-order valence-corrected chi connectivity index (χ3v) is 20.6. The summed E-state index contributed by atoms with van der Waals surface area (Å²) in [5.41, 5.74) is 0. The van der Waals surface area contributed by atoms with Gasteiger partial charge in [0, 0.05) is 0 Å². The Bertz CT molecular complexity index is 3780. The first-order valence-electron chi connectivity index (χ1n) is 45.7. The zero-order valence-electron chi connectivity index (χ0n) is 82.1. The van der Waals surface area contributed by atoms with Crippen LogP contribution in [0.4, 0.5) is 0 Å². The zero-order valence-corrected chi connectivity index (χ0v) is 82.1. The van der Waals surface area contributed by atoms with E-state index in [1.54, 1.807) is 0 Å². The van der Waals surface area contributed by atoms with Crippen molar-refractivity contribution in [2.24, 2.45) is 124 Å². The molecule has 0 aromatic carbocycles. The predicted molar refractivity (Wildman–Crippen MR) is 459 cm³/mol. The van der Waals surface area contributed by atoms with E-state index in [2.05, 4.69) is 0 Å². The van der Waals surface area contributed by atoms with Crippen molar-refractivity contribution in [2.45, 2.75) is 192 Å². The molecule has 21 unspecified atom stereocenters. The molecule has 0 aliphatic rings. The van der Waals surface area contributed by atoms with E-state index in [0.29, 0.717) is 0 Å². The molecule has 0 fully saturated rings. The highest BCUT2D eigenvalue weighted by Gasteiger charge is 2.69. The number of hydrogen-bond acceptors (Lipinski definition) is 44. The summed E-state index contributed by atoms with van der Waals surface area (Å²) in [4.78, 5) is 351. The molecule has 21 atom stereocenters. The summed E-state index contributed by atoms with van der Waals surface area (Å²) in [7, 11) is 0. The molecule has 768 valence electrons. The molecule has 0 aromatic heterocycles. The molecule has 0 aliphatic heterocycles. The maximum absolute atomic E-state index is 16.7. The van der Waals surface area contributed by atoms with Gasteiger partial charge in [-0.2, -0.15) is 0 Å². The van der Waals surface area contributed by atoms with Crippen molar-refractivity contribution in [3.63, 3.8) is 0 Å². The van der Waals surface area contributed by atoms with Crippen molar-refractivity contribution < 1.29 is 210 Å². The van der Waals surface area contributed by atoms with Crippen molar-refractivity contribution in [1.82, 2.24) is 0 Å². The molecular weight excluding hydrogens is 1800 g/mol. The molecular formula is C91H140O44. The number of hydrogen-bond donors (Lipinski definition) is 0. The average Bonchev–Trinajstić information content (AvgIpc) is 0.737. The van der Waals surface area contributed by atoms with E-state index in [4.69, 9.17) is 104 Å². The van der Waals surface area contributed by atoms with Crippen LogP contribution in [0.5, 0.6) is 0 Å². The fourth-order valence-corrected chi connectivity index (χ4v) is 16.1. The Balaban J connectivity index is 12.7. The number of carbonyl (C=O) groups is 22. The summed E-state index contributed by atoms with van der Waals surface area (Å²) in [6, 6.07) is 0.